The van der Waals surface area contributed by atoms with Crippen LogP contribution < -0.4 is 10.6 Å². The van der Waals surface area contributed by atoms with Crippen molar-refractivity contribution in [1.29, 1.82) is 5.26 Å². The molecule has 0 bridgehead atoms. The van der Waals surface area contributed by atoms with Crippen LogP contribution in [-0.2, 0) is 17.9 Å². The Balaban J connectivity index is 1.76. The number of amides is 1. The molecule has 1 aromatic heterocycles. The Morgan fingerprint density at radius 2 is 2.47 bits per heavy atom. The summed E-state index contributed by atoms with van der Waals surface area (Å²) in [6.45, 7) is 0.999. The molecule has 0 saturated heterocycles. The van der Waals surface area contributed by atoms with E-state index in [0.29, 0.717) is 6.04 Å². The minimum Gasteiger partial charge on any atom is -0.341 e. The quantitative estimate of drug-likeness (QED) is 0.665. The molecule has 1 aliphatic carbocycles. The number of rotatable bonds is 6. The summed E-state index contributed by atoms with van der Waals surface area (Å²) >= 11 is 0. The lowest BCUT2D eigenvalue weighted by Crippen LogP contribution is -2.27. The number of carbonyl (C=O) groups excluding carboxylic acids is 1. The zero-order chi connectivity index (χ0) is 12.1. The Bertz CT molecular complexity index is 429. The fourth-order valence-electron chi connectivity index (χ4n) is 1.48. The number of aromatic nitrogens is 2. The minimum atomic E-state index is -0.175. The lowest BCUT2D eigenvalue weighted by Gasteiger charge is -2.01. The van der Waals surface area contributed by atoms with Gasteiger partial charge in [-0.05, 0) is 12.8 Å². The van der Waals surface area contributed by atoms with Gasteiger partial charge < -0.3 is 15.2 Å². The van der Waals surface area contributed by atoms with Crippen molar-refractivity contribution in [2.24, 2.45) is 0 Å². The molecule has 6 heteroatoms. The second-order valence-corrected chi connectivity index (χ2v) is 4.13. The first-order chi connectivity index (χ1) is 8.28. The molecule has 0 atom stereocenters. The fourth-order valence-corrected chi connectivity index (χ4v) is 1.48. The van der Waals surface area contributed by atoms with Crippen LogP contribution in [0.25, 0.3) is 0 Å². The highest BCUT2D eigenvalue weighted by Crippen LogP contribution is 2.18. The van der Waals surface area contributed by atoms with E-state index in [1.165, 1.54) is 12.8 Å². The Labute approximate surface area is 99.6 Å². The predicted octanol–water partition coefficient (Wildman–Crippen LogP) is -0.225. The van der Waals surface area contributed by atoms with E-state index in [4.69, 9.17) is 5.26 Å². The molecule has 6 nitrogen and oxygen atoms in total. The van der Waals surface area contributed by atoms with Gasteiger partial charge in [-0.25, -0.2) is 4.98 Å². The van der Waals surface area contributed by atoms with Crippen LogP contribution in [0.4, 0.5) is 0 Å². The monoisotopic (exact) mass is 233 g/mol. The molecule has 2 rings (SSSR count). The summed E-state index contributed by atoms with van der Waals surface area (Å²) in [6.07, 6.45) is 5.98. The first-order valence-corrected chi connectivity index (χ1v) is 5.65. The van der Waals surface area contributed by atoms with Crippen LogP contribution in [0.1, 0.15) is 18.5 Å². The summed E-state index contributed by atoms with van der Waals surface area (Å²) in [5.41, 5.74) is 0.935. The molecule has 0 radical (unpaired) electrons. The van der Waals surface area contributed by atoms with Gasteiger partial charge in [0.25, 0.3) is 0 Å². The van der Waals surface area contributed by atoms with Gasteiger partial charge in [0.05, 0.1) is 18.1 Å². The highest BCUT2D eigenvalue weighted by Gasteiger charge is 2.20. The van der Waals surface area contributed by atoms with E-state index in [1.54, 1.807) is 10.9 Å². The van der Waals surface area contributed by atoms with Crippen LogP contribution >= 0.6 is 0 Å². The normalized spacial score (nSPS) is 14.3. The third-order valence-corrected chi connectivity index (χ3v) is 2.53. The molecule has 1 heterocycles. The molecule has 1 saturated carbocycles. The Hall–Kier alpha value is -1.87. The zero-order valence-electron chi connectivity index (χ0n) is 9.52. The molecule has 0 aliphatic heterocycles. The van der Waals surface area contributed by atoms with Crippen molar-refractivity contribution in [2.45, 2.75) is 32.0 Å². The molecule has 1 fully saturated rings. The third-order valence-electron chi connectivity index (χ3n) is 2.53. The van der Waals surface area contributed by atoms with Crippen LogP contribution in [0.3, 0.4) is 0 Å². The maximum absolute atomic E-state index is 11.3. The lowest BCUT2D eigenvalue weighted by molar-refractivity contribution is -0.121. The van der Waals surface area contributed by atoms with E-state index in [2.05, 4.69) is 15.6 Å². The largest absolute Gasteiger partial charge is 0.341 e. The van der Waals surface area contributed by atoms with Crippen molar-refractivity contribution in [3.63, 3.8) is 0 Å². The van der Waals surface area contributed by atoms with E-state index < -0.39 is 0 Å². The molecule has 0 unspecified atom stereocenters. The zero-order valence-corrected chi connectivity index (χ0v) is 9.52. The van der Waals surface area contributed by atoms with Gasteiger partial charge in [0.2, 0.25) is 5.91 Å². The topological polar surface area (TPSA) is 82.7 Å². The van der Waals surface area contributed by atoms with Crippen LogP contribution in [-0.4, -0.2) is 28.0 Å². The molecule has 1 amide bonds. The molecule has 2 N–H and O–H groups in total. The molecule has 1 aromatic rings. The smallest absolute Gasteiger partial charge is 0.240 e. The predicted molar refractivity (Wildman–Crippen MR) is 60.7 cm³/mol. The van der Waals surface area contributed by atoms with Crippen LogP contribution in [0.15, 0.2) is 12.5 Å². The van der Waals surface area contributed by atoms with Gasteiger partial charge >= 0.3 is 0 Å². The second-order valence-electron chi connectivity index (χ2n) is 4.13. The summed E-state index contributed by atoms with van der Waals surface area (Å²) in [5, 5.41) is 14.2. The number of nitrogens with one attached hydrogen (secondary N) is 2. The van der Waals surface area contributed by atoms with Crippen LogP contribution in [0, 0.1) is 11.3 Å². The lowest BCUT2D eigenvalue weighted by atomic mass is 10.4. The summed E-state index contributed by atoms with van der Waals surface area (Å²) in [4.78, 5) is 15.5. The van der Waals surface area contributed by atoms with Crippen LogP contribution in [0.5, 0.6) is 0 Å². The van der Waals surface area contributed by atoms with Gasteiger partial charge in [-0.15, -0.1) is 0 Å². The van der Waals surface area contributed by atoms with Gasteiger partial charge in [0.15, 0.2) is 0 Å². The van der Waals surface area contributed by atoms with Crippen LogP contribution in [0.2, 0.25) is 0 Å². The first kappa shape index (κ1) is 11.6. The number of nitriles is 1. The van der Waals surface area contributed by atoms with Crippen molar-refractivity contribution in [3.8, 4) is 6.07 Å². The van der Waals surface area contributed by atoms with E-state index in [1.807, 2.05) is 12.3 Å². The van der Waals surface area contributed by atoms with E-state index >= 15 is 0 Å². The minimum absolute atomic E-state index is 0.0453. The Kier molecular flexibility index (Phi) is 3.73. The highest BCUT2D eigenvalue weighted by molar-refractivity contribution is 5.75. The van der Waals surface area contributed by atoms with E-state index in [9.17, 15) is 4.79 Å². The van der Waals surface area contributed by atoms with E-state index in [0.717, 1.165) is 12.2 Å². The Morgan fingerprint density at radius 3 is 3.18 bits per heavy atom. The fraction of sp³-hybridized carbons (Fsp3) is 0.545. The van der Waals surface area contributed by atoms with Crippen molar-refractivity contribution in [1.82, 2.24) is 20.2 Å². The average molecular weight is 233 g/mol. The first-order valence-electron chi connectivity index (χ1n) is 5.65. The standard InChI is InChI=1S/C11H15N5O/c12-3-4-13-11(17)7-16-6-10(15-8-16)5-14-9-1-2-9/h6,8-9,14H,1-2,4-5,7H2,(H,13,17). The SMILES string of the molecule is N#CCNC(=O)Cn1cnc(CNC2CC2)c1. The maximum Gasteiger partial charge on any atom is 0.240 e. The number of nitrogens with zero attached hydrogens (tertiary/aromatic N) is 3. The van der Waals surface area contributed by atoms with Crippen molar-refractivity contribution >= 4 is 5.91 Å². The van der Waals surface area contributed by atoms with Crippen molar-refractivity contribution in [3.05, 3.63) is 18.2 Å². The number of hydrogen-bond donors (Lipinski definition) is 2. The highest BCUT2D eigenvalue weighted by atomic mass is 16.1. The molecule has 0 spiro atoms. The van der Waals surface area contributed by atoms with Gasteiger partial charge in [0, 0.05) is 18.8 Å². The van der Waals surface area contributed by atoms with Crippen molar-refractivity contribution in [2.75, 3.05) is 6.54 Å². The summed E-state index contributed by atoms with van der Waals surface area (Å²) in [7, 11) is 0. The summed E-state index contributed by atoms with van der Waals surface area (Å²) < 4.78 is 1.72. The van der Waals surface area contributed by atoms with Gasteiger partial charge in [-0.3, -0.25) is 4.79 Å². The average Bonchev–Trinajstić information content (AvgIpc) is 3.05. The maximum atomic E-state index is 11.3. The van der Waals surface area contributed by atoms with Gasteiger partial charge in [-0.1, -0.05) is 0 Å². The molecule has 90 valence electrons. The van der Waals surface area contributed by atoms with Gasteiger partial charge in [-0.2, -0.15) is 5.26 Å². The summed E-state index contributed by atoms with van der Waals surface area (Å²) in [5.74, 6) is -0.175. The molecule has 17 heavy (non-hydrogen) atoms. The molecular formula is C11H15N5O. The Morgan fingerprint density at radius 1 is 1.65 bits per heavy atom. The van der Waals surface area contributed by atoms with Gasteiger partial charge in [0.1, 0.15) is 13.1 Å². The second kappa shape index (κ2) is 5.46. The number of imidazole rings is 1. The summed E-state index contributed by atoms with van der Waals surface area (Å²) in [6, 6.07) is 2.51. The van der Waals surface area contributed by atoms with Crippen molar-refractivity contribution < 1.29 is 4.79 Å². The molecule has 0 aromatic carbocycles. The number of hydrogen-bond acceptors (Lipinski definition) is 4. The third kappa shape index (κ3) is 3.89. The number of carbonyl (C=O) groups is 1. The molecule has 1 aliphatic rings. The molecular weight excluding hydrogens is 218 g/mol. The van der Waals surface area contributed by atoms with E-state index in [-0.39, 0.29) is 19.0 Å².